The monoisotopic (exact) mass is 293 g/mol. The average molecular weight is 293 g/mol. The van der Waals surface area contributed by atoms with Crippen molar-refractivity contribution in [1.29, 1.82) is 0 Å². The topological polar surface area (TPSA) is 51.0 Å². The van der Waals surface area contributed by atoms with Crippen LogP contribution < -0.4 is 5.32 Å². The van der Waals surface area contributed by atoms with Crippen molar-refractivity contribution in [3.8, 4) is 0 Å². The Morgan fingerprint density at radius 3 is 2.14 bits per heavy atom. The van der Waals surface area contributed by atoms with E-state index in [1.807, 2.05) is 24.3 Å². The lowest BCUT2D eigenvalue weighted by Gasteiger charge is -2.02. The van der Waals surface area contributed by atoms with Crippen LogP contribution in [0.25, 0.3) is 0 Å². The third kappa shape index (κ3) is 4.27. The summed E-state index contributed by atoms with van der Waals surface area (Å²) in [4.78, 5) is 0. The first-order valence-corrected chi connectivity index (χ1v) is 7.50. The van der Waals surface area contributed by atoms with Crippen LogP contribution in [-0.4, -0.2) is 16.7 Å². The molecule has 3 rings (SSSR count). The van der Waals surface area contributed by atoms with Gasteiger partial charge in [-0.15, -0.1) is 10.2 Å². The molecule has 0 radical (unpaired) electrons. The van der Waals surface area contributed by atoms with Crippen LogP contribution in [0.5, 0.6) is 0 Å². The van der Waals surface area contributed by atoms with Crippen molar-refractivity contribution in [1.82, 2.24) is 15.5 Å². The molecule has 4 heteroatoms. The third-order valence-electron chi connectivity index (χ3n) is 3.42. The van der Waals surface area contributed by atoms with E-state index in [4.69, 9.17) is 4.42 Å². The Balaban J connectivity index is 1.44. The van der Waals surface area contributed by atoms with Crippen molar-refractivity contribution in [3.63, 3.8) is 0 Å². The number of rotatable bonds is 7. The zero-order valence-electron chi connectivity index (χ0n) is 12.4. The first-order chi connectivity index (χ1) is 10.9. The molecule has 112 valence electrons. The van der Waals surface area contributed by atoms with Gasteiger partial charge >= 0.3 is 0 Å². The van der Waals surface area contributed by atoms with Crippen molar-refractivity contribution in [3.05, 3.63) is 83.6 Å². The minimum atomic E-state index is 0.606. The van der Waals surface area contributed by atoms with Gasteiger partial charge in [-0.3, -0.25) is 0 Å². The van der Waals surface area contributed by atoms with Crippen LogP contribution >= 0.6 is 0 Å². The van der Waals surface area contributed by atoms with Gasteiger partial charge in [-0.05, 0) is 24.1 Å². The second-order valence-corrected chi connectivity index (χ2v) is 5.16. The van der Waals surface area contributed by atoms with Crippen molar-refractivity contribution < 1.29 is 4.42 Å². The molecule has 2 aromatic carbocycles. The largest absolute Gasteiger partial charge is 0.424 e. The second-order valence-electron chi connectivity index (χ2n) is 5.16. The van der Waals surface area contributed by atoms with Crippen LogP contribution in [0, 0.1) is 0 Å². The molecule has 0 unspecified atom stereocenters. The van der Waals surface area contributed by atoms with Crippen LogP contribution in [-0.2, 0) is 19.4 Å². The summed E-state index contributed by atoms with van der Waals surface area (Å²) in [6.45, 7) is 1.50. The molecule has 0 saturated carbocycles. The summed E-state index contributed by atoms with van der Waals surface area (Å²) < 4.78 is 5.66. The number of aromatic nitrogens is 2. The smallest absolute Gasteiger partial charge is 0.230 e. The first-order valence-electron chi connectivity index (χ1n) is 7.50. The Morgan fingerprint density at radius 2 is 1.41 bits per heavy atom. The van der Waals surface area contributed by atoms with Crippen LogP contribution in [0.3, 0.4) is 0 Å². The van der Waals surface area contributed by atoms with Crippen LogP contribution in [0.1, 0.15) is 22.9 Å². The van der Waals surface area contributed by atoms with Gasteiger partial charge in [-0.25, -0.2) is 0 Å². The lowest BCUT2D eigenvalue weighted by atomic mass is 10.1. The van der Waals surface area contributed by atoms with Crippen LogP contribution in [0.15, 0.2) is 65.1 Å². The third-order valence-corrected chi connectivity index (χ3v) is 3.42. The van der Waals surface area contributed by atoms with Gasteiger partial charge in [0.25, 0.3) is 0 Å². The van der Waals surface area contributed by atoms with Gasteiger partial charge in [-0.2, -0.15) is 0 Å². The minimum absolute atomic E-state index is 0.606. The van der Waals surface area contributed by atoms with E-state index in [1.54, 1.807) is 0 Å². The molecule has 22 heavy (non-hydrogen) atoms. The molecule has 3 aromatic rings. The molecule has 0 saturated heterocycles. The summed E-state index contributed by atoms with van der Waals surface area (Å²) in [7, 11) is 0. The zero-order chi connectivity index (χ0) is 15.0. The van der Waals surface area contributed by atoms with Crippen molar-refractivity contribution in [2.45, 2.75) is 19.4 Å². The Hall–Kier alpha value is -2.46. The Kier molecular flexibility index (Phi) is 4.95. The predicted octanol–water partition coefficient (Wildman–Crippen LogP) is 2.99. The molecule has 4 nitrogen and oxygen atoms in total. The fraction of sp³-hybridized carbons (Fsp3) is 0.222. The highest BCUT2D eigenvalue weighted by molar-refractivity contribution is 5.17. The normalized spacial score (nSPS) is 10.7. The maximum Gasteiger partial charge on any atom is 0.230 e. The van der Waals surface area contributed by atoms with E-state index in [-0.39, 0.29) is 0 Å². The van der Waals surface area contributed by atoms with E-state index < -0.39 is 0 Å². The maximum absolute atomic E-state index is 5.66. The van der Waals surface area contributed by atoms with Gasteiger partial charge in [0.1, 0.15) is 0 Å². The molecule has 1 heterocycles. The van der Waals surface area contributed by atoms with E-state index >= 15 is 0 Å². The molecule has 1 aromatic heterocycles. The number of hydrogen-bond donors (Lipinski definition) is 1. The summed E-state index contributed by atoms with van der Waals surface area (Å²) in [5.41, 5.74) is 2.50. The highest BCUT2D eigenvalue weighted by Gasteiger charge is 2.06. The molecule has 0 bridgehead atoms. The van der Waals surface area contributed by atoms with E-state index in [0.29, 0.717) is 24.7 Å². The van der Waals surface area contributed by atoms with Gasteiger partial charge in [0.05, 0.1) is 13.0 Å². The Labute approximate surface area is 130 Å². The van der Waals surface area contributed by atoms with Crippen LogP contribution in [0.2, 0.25) is 0 Å². The minimum Gasteiger partial charge on any atom is -0.424 e. The summed E-state index contributed by atoms with van der Waals surface area (Å²) in [6.07, 6.45) is 1.67. The molecule has 0 atom stereocenters. The summed E-state index contributed by atoms with van der Waals surface area (Å²) >= 11 is 0. The lowest BCUT2D eigenvalue weighted by Crippen LogP contribution is -2.16. The quantitative estimate of drug-likeness (QED) is 0.680. The first kappa shape index (κ1) is 14.5. The van der Waals surface area contributed by atoms with E-state index in [0.717, 1.165) is 13.0 Å². The fourth-order valence-corrected chi connectivity index (χ4v) is 2.27. The number of hydrogen-bond acceptors (Lipinski definition) is 4. The maximum atomic E-state index is 5.66. The van der Waals surface area contributed by atoms with Crippen molar-refractivity contribution >= 4 is 0 Å². The molecule has 1 N–H and O–H groups in total. The van der Waals surface area contributed by atoms with Gasteiger partial charge in [-0.1, -0.05) is 60.7 Å². The highest BCUT2D eigenvalue weighted by Crippen LogP contribution is 2.08. The molecular weight excluding hydrogens is 274 g/mol. The highest BCUT2D eigenvalue weighted by atomic mass is 16.4. The predicted molar refractivity (Wildman–Crippen MR) is 85.4 cm³/mol. The van der Waals surface area contributed by atoms with Gasteiger partial charge in [0, 0.05) is 0 Å². The van der Waals surface area contributed by atoms with Crippen LogP contribution in [0.4, 0.5) is 0 Å². The molecule has 0 spiro atoms. The molecule has 0 aliphatic heterocycles. The fourth-order valence-electron chi connectivity index (χ4n) is 2.27. The second kappa shape index (κ2) is 7.52. The number of nitrogens with zero attached hydrogens (tertiary/aromatic N) is 2. The van der Waals surface area contributed by atoms with Gasteiger partial charge in [0.2, 0.25) is 11.8 Å². The summed E-state index contributed by atoms with van der Waals surface area (Å²) in [5, 5.41) is 11.5. The van der Waals surface area contributed by atoms with Gasteiger partial charge in [0.15, 0.2) is 0 Å². The van der Waals surface area contributed by atoms with Crippen molar-refractivity contribution in [2.75, 3.05) is 6.54 Å². The average Bonchev–Trinajstić information content (AvgIpc) is 3.01. The summed E-state index contributed by atoms with van der Waals surface area (Å²) in [6, 6.07) is 20.5. The zero-order valence-corrected chi connectivity index (χ0v) is 12.4. The van der Waals surface area contributed by atoms with E-state index in [1.165, 1.54) is 11.1 Å². The lowest BCUT2D eigenvalue weighted by molar-refractivity contribution is 0.439. The summed E-state index contributed by atoms with van der Waals surface area (Å²) in [5.74, 6) is 1.30. The van der Waals surface area contributed by atoms with E-state index in [9.17, 15) is 0 Å². The molecule has 0 aliphatic rings. The van der Waals surface area contributed by atoms with Gasteiger partial charge < -0.3 is 9.73 Å². The molecule has 0 amide bonds. The number of benzene rings is 2. The molecule has 0 aliphatic carbocycles. The standard InChI is InChI=1S/C18H19N3O/c1-3-7-15(8-4-1)11-12-19-14-18-21-20-17(22-18)13-16-9-5-2-6-10-16/h1-10,19H,11-14H2. The molecular formula is C18H19N3O. The molecule has 0 fully saturated rings. The van der Waals surface area contributed by atoms with Crippen molar-refractivity contribution in [2.24, 2.45) is 0 Å². The Morgan fingerprint density at radius 1 is 0.773 bits per heavy atom. The number of nitrogens with one attached hydrogen (secondary N) is 1. The SMILES string of the molecule is c1ccc(CCNCc2nnc(Cc3ccccc3)o2)cc1. The Bertz CT molecular complexity index is 680. The van der Waals surface area contributed by atoms with E-state index in [2.05, 4.69) is 51.9 Å².